The van der Waals surface area contributed by atoms with Crippen molar-refractivity contribution in [3.05, 3.63) is 41.0 Å². The summed E-state index contributed by atoms with van der Waals surface area (Å²) in [4.78, 5) is 11.2. The molecule has 16 heavy (non-hydrogen) atoms. The van der Waals surface area contributed by atoms with Gasteiger partial charge in [-0.05, 0) is 44.0 Å². The number of aliphatic hydroxyl groups is 1. The van der Waals surface area contributed by atoms with Crippen molar-refractivity contribution in [1.29, 1.82) is 0 Å². The number of ketones is 1. The Hall–Kier alpha value is -1.61. The second kappa shape index (κ2) is 5.47. The van der Waals surface area contributed by atoms with Gasteiger partial charge in [-0.25, -0.2) is 0 Å². The largest absolute Gasteiger partial charge is 0.508 e. The summed E-state index contributed by atoms with van der Waals surface area (Å²) in [6.07, 6.45) is 2.35. The number of Topliss-reactive ketones (excluding diaryl/α,β-unsaturated/α-hetero) is 1. The van der Waals surface area contributed by atoms with Gasteiger partial charge in [0, 0.05) is 5.56 Å². The maximum absolute atomic E-state index is 11.2. The Labute approximate surface area is 95.0 Å². The lowest BCUT2D eigenvalue weighted by atomic mass is 10.0. The van der Waals surface area contributed by atoms with Crippen molar-refractivity contribution in [2.45, 2.75) is 20.3 Å². The van der Waals surface area contributed by atoms with Gasteiger partial charge in [0.05, 0.1) is 6.61 Å². The highest BCUT2D eigenvalue weighted by Crippen LogP contribution is 2.20. The zero-order chi connectivity index (χ0) is 12.1. The molecule has 1 rings (SSSR count). The van der Waals surface area contributed by atoms with Crippen LogP contribution < -0.4 is 0 Å². The molecule has 0 unspecified atom stereocenters. The molecule has 0 fully saturated rings. The molecule has 0 saturated heterocycles. The van der Waals surface area contributed by atoms with Crippen LogP contribution in [0.2, 0.25) is 0 Å². The molecule has 0 saturated carbocycles. The fraction of sp³-hybridized carbons (Fsp3) is 0.308. The third-order valence-corrected chi connectivity index (χ3v) is 2.41. The zero-order valence-corrected chi connectivity index (χ0v) is 9.53. The number of phenols is 1. The molecular formula is C13H16O3. The highest BCUT2D eigenvalue weighted by Gasteiger charge is 2.04. The van der Waals surface area contributed by atoms with Crippen LogP contribution >= 0.6 is 0 Å². The SMILES string of the molecule is CC(=O)c1ccc(O)c(CC=C(C)CO)c1. The molecule has 0 bridgehead atoms. The average Bonchev–Trinajstić information content (AvgIpc) is 2.27. The van der Waals surface area contributed by atoms with Crippen molar-refractivity contribution in [3.8, 4) is 5.75 Å². The van der Waals surface area contributed by atoms with E-state index in [1.807, 2.05) is 13.0 Å². The average molecular weight is 220 g/mol. The van der Waals surface area contributed by atoms with Crippen molar-refractivity contribution in [3.63, 3.8) is 0 Å². The summed E-state index contributed by atoms with van der Waals surface area (Å²) < 4.78 is 0. The minimum atomic E-state index is -0.0240. The lowest BCUT2D eigenvalue weighted by Crippen LogP contribution is -1.94. The van der Waals surface area contributed by atoms with Crippen LogP contribution in [0, 0.1) is 0 Å². The number of carbonyl (C=O) groups excluding carboxylic acids is 1. The van der Waals surface area contributed by atoms with E-state index >= 15 is 0 Å². The molecule has 0 aliphatic rings. The Morgan fingerprint density at radius 1 is 1.38 bits per heavy atom. The lowest BCUT2D eigenvalue weighted by Gasteiger charge is -2.04. The summed E-state index contributed by atoms with van der Waals surface area (Å²) in [5, 5.41) is 18.4. The van der Waals surface area contributed by atoms with Crippen LogP contribution in [-0.2, 0) is 6.42 Å². The first-order chi connectivity index (χ1) is 7.54. The maximum atomic E-state index is 11.2. The molecule has 0 radical (unpaired) electrons. The number of aromatic hydroxyl groups is 1. The number of hydrogen-bond acceptors (Lipinski definition) is 3. The van der Waals surface area contributed by atoms with E-state index in [0.717, 1.165) is 5.57 Å². The highest BCUT2D eigenvalue weighted by molar-refractivity contribution is 5.94. The molecule has 86 valence electrons. The van der Waals surface area contributed by atoms with E-state index < -0.39 is 0 Å². The predicted molar refractivity (Wildman–Crippen MR) is 62.7 cm³/mol. The fourth-order valence-electron chi connectivity index (χ4n) is 1.32. The van der Waals surface area contributed by atoms with Gasteiger partial charge in [-0.15, -0.1) is 0 Å². The normalized spacial score (nSPS) is 11.6. The fourth-order valence-corrected chi connectivity index (χ4v) is 1.32. The molecule has 0 spiro atoms. The third kappa shape index (κ3) is 3.21. The van der Waals surface area contributed by atoms with Gasteiger partial charge in [-0.2, -0.15) is 0 Å². The molecule has 1 aromatic rings. The molecular weight excluding hydrogens is 204 g/mol. The number of aliphatic hydroxyl groups excluding tert-OH is 1. The first-order valence-electron chi connectivity index (χ1n) is 5.14. The first kappa shape index (κ1) is 12.5. The van der Waals surface area contributed by atoms with Crippen LogP contribution in [0.15, 0.2) is 29.8 Å². The molecule has 2 N–H and O–H groups in total. The quantitative estimate of drug-likeness (QED) is 0.603. The molecule has 0 heterocycles. The summed E-state index contributed by atoms with van der Waals surface area (Å²) in [6, 6.07) is 4.80. The second-order valence-electron chi connectivity index (χ2n) is 3.81. The molecule has 0 aliphatic heterocycles. The Morgan fingerprint density at radius 2 is 2.06 bits per heavy atom. The van der Waals surface area contributed by atoms with Crippen LogP contribution in [-0.4, -0.2) is 22.6 Å². The maximum Gasteiger partial charge on any atom is 0.159 e. The summed E-state index contributed by atoms with van der Waals surface area (Å²) in [5.74, 6) is 0.149. The van der Waals surface area contributed by atoms with Crippen LogP contribution in [0.5, 0.6) is 5.75 Å². The molecule has 0 aromatic heterocycles. The molecule has 0 amide bonds. The van der Waals surface area contributed by atoms with E-state index in [9.17, 15) is 9.90 Å². The van der Waals surface area contributed by atoms with Crippen molar-refractivity contribution >= 4 is 5.78 Å². The highest BCUT2D eigenvalue weighted by atomic mass is 16.3. The van der Waals surface area contributed by atoms with E-state index in [0.29, 0.717) is 17.5 Å². The van der Waals surface area contributed by atoms with Gasteiger partial charge in [0.1, 0.15) is 5.75 Å². The number of hydrogen-bond donors (Lipinski definition) is 2. The van der Waals surface area contributed by atoms with Crippen LogP contribution in [0.25, 0.3) is 0 Å². The van der Waals surface area contributed by atoms with Gasteiger partial charge in [-0.1, -0.05) is 11.6 Å². The van der Waals surface area contributed by atoms with Crippen LogP contribution in [0.3, 0.4) is 0 Å². The monoisotopic (exact) mass is 220 g/mol. The third-order valence-electron chi connectivity index (χ3n) is 2.41. The van der Waals surface area contributed by atoms with Crippen molar-refractivity contribution in [2.24, 2.45) is 0 Å². The second-order valence-corrected chi connectivity index (χ2v) is 3.81. The van der Waals surface area contributed by atoms with E-state index in [1.54, 1.807) is 12.1 Å². The van der Waals surface area contributed by atoms with E-state index in [4.69, 9.17) is 5.11 Å². The number of rotatable bonds is 4. The van der Waals surface area contributed by atoms with Crippen LogP contribution in [0.1, 0.15) is 29.8 Å². The molecule has 3 heteroatoms. The lowest BCUT2D eigenvalue weighted by molar-refractivity contribution is 0.101. The van der Waals surface area contributed by atoms with Gasteiger partial charge in [-0.3, -0.25) is 4.79 Å². The smallest absolute Gasteiger partial charge is 0.159 e. The summed E-state index contributed by atoms with van der Waals surface area (Å²) in [6.45, 7) is 3.31. The number of carbonyl (C=O) groups is 1. The molecule has 0 atom stereocenters. The summed E-state index contributed by atoms with van der Waals surface area (Å²) in [7, 11) is 0. The van der Waals surface area contributed by atoms with Crippen molar-refractivity contribution in [2.75, 3.05) is 6.61 Å². The predicted octanol–water partition coefficient (Wildman–Crippen LogP) is 2.08. The van der Waals surface area contributed by atoms with Crippen molar-refractivity contribution in [1.82, 2.24) is 0 Å². The first-order valence-corrected chi connectivity index (χ1v) is 5.14. The van der Waals surface area contributed by atoms with Gasteiger partial charge < -0.3 is 10.2 Å². The zero-order valence-electron chi connectivity index (χ0n) is 9.53. The number of allylic oxidation sites excluding steroid dienone is 1. The Kier molecular flexibility index (Phi) is 4.26. The molecule has 1 aromatic carbocycles. The Morgan fingerprint density at radius 3 is 2.62 bits per heavy atom. The van der Waals surface area contributed by atoms with Gasteiger partial charge in [0.2, 0.25) is 0 Å². The molecule has 0 aliphatic carbocycles. The van der Waals surface area contributed by atoms with E-state index in [2.05, 4.69) is 0 Å². The minimum absolute atomic E-state index is 0.00710. The van der Waals surface area contributed by atoms with Gasteiger partial charge in [0.25, 0.3) is 0 Å². The minimum Gasteiger partial charge on any atom is -0.508 e. The van der Waals surface area contributed by atoms with Crippen molar-refractivity contribution < 1.29 is 15.0 Å². The standard InChI is InChI=1S/C13H16O3/c1-9(8-14)3-4-12-7-11(10(2)15)5-6-13(12)16/h3,5-7,14,16H,4,8H2,1-2H3. The van der Waals surface area contributed by atoms with Gasteiger partial charge in [0.15, 0.2) is 5.78 Å². The number of benzene rings is 1. The number of phenolic OH excluding ortho intramolecular Hbond substituents is 1. The summed E-state index contributed by atoms with van der Waals surface area (Å²) in [5.41, 5.74) is 2.12. The summed E-state index contributed by atoms with van der Waals surface area (Å²) >= 11 is 0. The van der Waals surface area contributed by atoms with Crippen LogP contribution in [0.4, 0.5) is 0 Å². The van der Waals surface area contributed by atoms with E-state index in [-0.39, 0.29) is 18.1 Å². The Bertz CT molecular complexity index is 419. The Balaban J connectivity index is 2.94. The topological polar surface area (TPSA) is 57.5 Å². The molecule has 3 nitrogen and oxygen atoms in total. The van der Waals surface area contributed by atoms with Gasteiger partial charge >= 0.3 is 0 Å². The van der Waals surface area contributed by atoms with E-state index in [1.165, 1.54) is 13.0 Å².